The lowest BCUT2D eigenvalue weighted by atomic mass is 10.2. The van der Waals surface area contributed by atoms with E-state index in [0.29, 0.717) is 0 Å². The van der Waals surface area contributed by atoms with Crippen LogP contribution in [0.3, 0.4) is 0 Å². The van der Waals surface area contributed by atoms with Gasteiger partial charge in [-0.1, -0.05) is 23.7 Å². The number of halogens is 2. The number of nitrogens with zero attached hydrogens (tertiary/aromatic N) is 1. The highest BCUT2D eigenvalue weighted by Crippen LogP contribution is 2.23. The molecule has 1 aromatic heterocycles. The quantitative estimate of drug-likeness (QED) is 0.915. The molecule has 2 nitrogen and oxygen atoms in total. The number of hydrogen-bond acceptors (Lipinski definition) is 2. The zero-order chi connectivity index (χ0) is 13.0. The van der Waals surface area contributed by atoms with Crippen molar-refractivity contribution in [2.24, 2.45) is 0 Å². The highest BCUT2D eigenvalue weighted by atomic mass is 79.9. The molecule has 0 fully saturated rings. The summed E-state index contributed by atoms with van der Waals surface area (Å²) < 4.78 is 0.928. The summed E-state index contributed by atoms with van der Waals surface area (Å²) in [7, 11) is 0. The molecule has 0 spiro atoms. The number of hydrogen-bond donors (Lipinski definition) is 1. The standard InChI is InChI=1S/C14H14BrClN2/c1-10-3-2-6-18-14(10)9-17-8-11-4-5-13(16)12(15)7-11/h2-7,17H,8-9H2,1H3. The SMILES string of the molecule is Cc1cccnc1CNCc1ccc(Cl)c(Br)c1. The minimum atomic E-state index is 0.735. The maximum atomic E-state index is 5.95. The summed E-state index contributed by atoms with van der Waals surface area (Å²) in [5, 5.41) is 4.11. The number of aryl methyl sites for hydroxylation is 1. The lowest BCUT2D eigenvalue weighted by molar-refractivity contribution is 0.676. The molecule has 2 aromatic rings. The number of rotatable bonds is 4. The van der Waals surface area contributed by atoms with Crippen LogP contribution < -0.4 is 5.32 Å². The second-order valence-electron chi connectivity index (χ2n) is 4.12. The van der Waals surface area contributed by atoms with E-state index in [9.17, 15) is 0 Å². The van der Waals surface area contributed by atoms with Crippen LogP contribution in [0.25, 0.3) is 0 Å². The van der Waals surface area contributed by atoms with Crippen molar-refractivity contribution in [2.75, 3.05) is 0 Å². The molecule has 0 bridgehead atoms. The summed E-state index contributed by atoms with van der Waals surface area (Å²) in [5.74, 6) is 0. The van der Waals surface area contributed by atoms with E-state index in [-0.39, 0.29) is 0 Å². The van der Waals surface area contributed by atoms with Crippen molar-refractivity contribution in [3.8, 4) is 0 Å². The first-order valence-corrected chi connectivity index (χ1v) is 6.89. The van der Waals surface area contributed by atoms with Gasteiger partial charge in [0.15, 0.2) is 0 Å². The molecule has 1 heterocycles. The van der Waals surface area contributed by atoms with E-state index >= 15 is 0 Å². The van der Waals surface area contributed by atoms with Crippen molar-refractivity contribution >= 4 is 27.5 Å². The van der Waals surface area contributed by atoms with Crippen molar-refractivity contribution in [2.45, 2.75) is 20.0 Å². The summed E-state index contributed by atoms with van der Waals surface area (Å²) >= 11 is 9.38. The Morgan fingerprint density at radius 1 is 1.28 bits per heavy atom. The highest BCUT2D eigenvalue weighted by molar-refractivity contribution is 9.10. The van der Waals surface area contributed by atoms with E-state index in [4.69, 9.17) is 11.6 Å². The molecule has 0 aliphatic carbocycles. The fourth-order valence-corrected chi connectivity index (χ4v) is 2.22. The van der Waals surface area contributed by atoms with E-state index in [0.717, 1.165) is 28.3 Å². The number of benzene rings is 1. The Kier molecular flexibility index (Phi) is 4.75. The van der Waals surface area contributed by atoms with Crippen molar-refractivity contribution in [3.63, 3.8) is 0 Å². The third kappa shape index (κ3) is 3.55. The van der Waals surface area contributed by atoms with Crippen LogP contribution in [0.5, 0.6) is 0 Å². The Bertz CT molecular complexity index is 543. The first kappa shape index (κ1) is 13.5. The molecule has 94 valence electrons. The van der Waals surface area contributed by atoms with E-state index in [1.54, 1.807) is 0 Å². The third-order valence-electron chi connectivity index (χ3n) is 2.72. The zero-order valence-corrected chi connectivity index (χ0v) is 12.4. The minimum absolute atomic E-state index is 0.735. The Labute approximate surface area is 121 Å². The van der Waals surface area contributed by atoms with E-state index < -0.39 is 0 Å². The van der Waals surface area contributed by atoms with E-state index in [1.807, 2.05) is 30.5 Å². The van der Waals surface area contributed by atoms with E-state index in [2.05, 4.69) is 39.2 Å². The maximum absolute atomic E-state index is 5.95. The number of aromatic nitrogens is 1. The fraction of sp³-hybridized carbons (Fsp3) is 0.214. The molecule has 1 N–H and O–H groups in total. The molecule has 0 atom stereocenters. The second kappa shape index (κ2) is 6.32. The molecule has 2 rings (SSSR count). The Balaban J connectivity index is 1.92. The molecular formula is C14H14BrClN2. The van der Waals surface area contributed by atoms with Crippen LogP contribution in [0.4, 0.5) is 0 Å². The van der Waals surface area contributed by atoms with Crippen LogP contribution >= 0.6 is 27.5 Å². The van der Waals surface area contributed by atoms with E-state index in [1.165, 1.54) is 11.1 Å². The molecule has 0 saturated heterocycles. The maximum Gasteiger partial charge on any atom is 0.0570 e. The third-order valence-corrected chi connectivity index (χ3v) is 3.94. The molecular weight excluding hydrogens is 312 g/mol. The Hall–Kier alpha value is -0.900. The van der Waals surface area contributed by atoms with Gasteiger partial charge < -0.3 is 5.32 Å². The van der Waals surface area contributed by atoms with Gasteiger partial charge in [-0.05, 0) is 52.2 Å². The van der Waals surface area contributed by atoms with Gasteiger partial charge in [-0.3, -0.25) is 4.98 Å². The zero-order valence-electron chi connectivity index (χ0n) is 10.1. The van der Waals surface area contributed by atoms with Crippen LogP contribution in [0.15, 0.2) is 41.0 Å². The van der Waals surface area contributed by atoms with Crippen molar-refractivity contribution in [1.29, 1.82) is 0 Å². The molecule has 0 aliphatic rings. The topological polar surface area (TPSA) is 24.9 Å². The lowest BCUT2D eigenvalue weighted by Gasteiger charge is -2.07. The van der Waals surface area contributed by atoms with Gasteiger partial charge in [-0.25, -0.2) is 0 Å². The molecule has 0 aliphatic heterocycles. The Morgan fingerprint density at radius 3 is 2.83 bits per heavy atom. The average molecular weight is 326 g/mol. The number of nitrogens with one attached hydrogen (secondary N) is 1. The lowest BCUT2D eigenvalue weighted by Crippen LogP contribution is -2.14. The molecule has 1 aromatic carbocycles. The van der Waals surface area contributed by atoms with Crippen LogP contribution in [-0.2, 0) is 13.1 Å². The largest absolute Gasteiger partial charge is 0.307 e. The summed E-state index contributed by atoms with van der Waals surface area (Å²) in [4.78, 5) is 4.35. The van der Waals surface area contributed by atoms with Crippen LogP contribution in [-0.4, -0.2) is 4.98 Å². The van der Waals surface area contributed by atoms with Gasteiger partial charge in [0.1, 0.15) is 0 Å². The van der Waals surface area contributed by atoms with Crippen LogP contribution in [0.1, 0.15) is 16.8 Å². The Morgan fingerprint density at radius 2 is 2.11 bits per heavy atom. The summed E-state index contributed by atoms with van der Waals surface area (Å²) in [6.07, 6.45) is 1.82. The number of pyridine rings is 1. The molecule has 0 radical (unpaired) electrons. The summed E-state index contributed by atoms with van der Waals surface area (Å²) in [5.41, 5.74) is 3.49. The second-order valence-corrected chi connectivity index (χ2v) is 5.38. The smallest absolute Gasteiger partial charge is 0.0570 e. The van der Waals surface area contributed by atoms with Crippen molar-refractivity contribution in [1.82, 2.24) is 10.3 Å². The molecule has 0 saturated carbocycles. The van der Waals surface area contributed by atoms with Gasteiger partial charge in [0.2, 0.25) is 0 Å². The molecule has 4 heteroatoms. The minimum Gasteiger partial charge on any atom is -0.307 e. The van der Waals surface area contributed by atoms with Gasteiger partial charge in [-0.15, -0.1) is 0 Å². The van der Waals surface area contributed by atoms with Crippen molar-refractivity contribution in [3.05, 3.63) is 62.8 Å². The predicted molar refractivity (Wildman–Crippen MR) is 78.7 cm³/mol. The van der Waals surface area contributed by atoms with Gasteiger partial charge in [-0.2, -0.15) is 0 Å². The van der Waals surface area contributed by atoms with Gasteiger partial charge in [0.05, 0.1) is 10.7 Å². The van der Waals surface area contributed by atoms with Crippen molar-refractivity contribution < 1.29 is 0 Å². The molecule has 0 unspecified atom stereocenters. The van der Waals surface area contributed by atoms with Crippen LogP contribution in [0, 0.1) is 6.92 Å². The van der Waals surface area contributed by atoms with Gasteiger partial charge in [0.25, 0.3) is 0 Å². The fourth-order valence-electron chi connectivity index (χ4n) is 1.68. The highest BCUT2D eigenvalue weighted by Gasteiger charge is 2.01. The van der Waals surface area contributed by atoms with Crippen LogP contribution in [0.2, 0.25) is 5.02 Å². The summed E-state index contributed by atoms with van der Waals surface area (Å²) in [6, 6.07) is 9.97. The van der Waals surface area contributed by atoms with Gasteiger partial charge >= 0.3 is 0 Å². The first-order chi connectivity index (χ1) is 8.66. The molecule has 0 amide bonds. The normalized spacial score (nSPS) is 10.6. The summed E-state index contributed by atoms with van der Waals surface area (Å²) in [6.45, 7) is 3.64. The predicted octanol–water partition coefficient (Wildman–Crippen LogP) is 4.10. The van der Waals surface area contributed by atoms with Gasteiger partial charge in [0, 0.05) is 23.8 Å². The monoisotopic (exact) mass is 324 g/mol. The average Bonchev–Trinajstić information content (AvgIpc) is 2.36. The first-order valence-electron chi connectivity index (χ1n) is 5.72. The molecule has 18 heavy (non-hydrogen) atoms.